The Labute approximate surface area is 163 Å². The quantitative estimate of drug-likeness (QED) is 0.594. The highest BCUT2D eigenvalue weighted by molar-refractivity contribution is 6.09. The van der Waals surface area contributed by atoms with Crippen molar-refractivity contribution in [2.24, 2.45) is 5.92 Å². The van der Waals surface area contributed by atoms with E-state index in [0.717, 1.165) is 24.2 Å². The number of nitrogens with one attached hydrogen (secondary N) is 2. The van der Waals surface area contributed by atoms with Crippen LogP contribution in [0.1, 0.15) is 39.5 Å². The molecule has 1 spiro atoms. The molecule has 0 unspecified atom stereocenters. The van der Waals surface area contributed by atoms with Crippen LogP contribution in [0.4, 0.5) is 10.5 Å². The third-order valence-corrected chi connectivity index (χ3v) is 5.51. The summed E-state index contributed by atoms with van der Waals surface area (Å²) in [5.41, 5.74) is -0.343. The zero-order valence-corrected chi connectivity index (χ0v) is 16.1. The van der Waals surface area contributed by atoms with Gasteiger partial charge in [-0.25, -0.2) is 4.79 Å². The monoisotopic (exact) mass is 387 g/mol. The molecule has 4 amide bonds. The van der Waals surface area contributed by atoms with E-state index in [-0.39, 0.29) is 11.8 Å². The second-order valence-electron chi connectivity index (χ2n) is 7.43. The second-order valence-corrected chi connectivity index (χ2v) is 7.43. The number of nitrogens with zero attached hydrogens (tertiary/aromatic N) is 1. The number of urea groups is 1. The van der Waals surface area contributed by atoms with E-state index in [1.54, 1.807) is 24.3 Å². The molecule has 1 aromatic carbocycles. The average molecular weight is 387 g/mol. The summed E-state index contributed by atoms with van der Waals surface area (Å²) in [6, 6.07) is 8.20. The molecule has 1 saturated carbocycles. The van der Waals surface area contributed by atoms with Gasteiger partial charge in [-0.3, -0.25) is 19.3 Å². The first-order valence-corrected chi connectivity index (χ1v) is 9.53. The number of hydrogen-bond donors (Lipinski definition) is 2. The maximum absolute atomic E-state index is 12.9. The number of rotatable bonds is 5. The van der Waals surface area contributed by atoms with Crippen LogP contribution >= 0.6 is 0 Å². The molecule has 2 aliphatic rings. The van der Waals surface area contributed by atoms with Crippen LogP contribution in [-0.2, 0) is 19.1 Å². The number of carbonyl (C=O) groups excluding carboxylic acids is 4. The smallest absolute Gasteiger partial charge is 0.327 e. The van der Waals surface area contributed by atoms with Gasteiger partial charge in [-0.2, -0.15) is 0 Å². The first kappa shape index (κ1) is 19.9. The SMILES string of the molecule is C[C@H](OC(=O)CN1C(=O)N[C@@]2(CCCC[C@@H]2C)C1=O)C(=O)Nc1ccccc1. The number of esters is 1. The minimum absolute atomic E-state index is 0.00861. The van der Waals surface area contributed by atoms with Crippen molar-refractivity contribution in [1.29, 1.82) is 0 Å². The minimum Gasteiger partial charge on any atom is -0.451 e. The van der Waals surface area contributed by atoms with Crippen molar-refractivity contribution < 1.29 is 23.9 Å². The number of hydrogen-bond acceptors (Lipinski definition) is 5. The fourth-order valence-electron chi connectivity index (χ4n) is 3.82. The van der Waals surface area contributed by atoms with E-state index < -0.39 is 36.1 Å². The van der Waals surface area contributed by atoms with Crippen molar-refractivity contribution in [3.05, 3.63) is 30.3 Å². The summed E-state index contributed by atoms with van der Waals surface area (Å²) in [7, 11) is 0. The molecule has 8 nitrogen and oxygen atoms in total. The third kappa shape index (κ3) is 3.85. The van der Waals surface area contributed by atoms with Gasteiger partial charge in [-0.15, -0.1) is 0 Å². The zero-order chi connectivity index (χ0) is 20.3. The van der Waals surface area contributed by atoms with Crippen LogP contribution in [0.25, 0.3) is 0 Å². The highest BCUT2D eigenvalue weighted by atomic mass is 16.5. The van der Waals surface area contributed by atoms with Crippen LogP contribution in [0.2, 0.25) is 0 Å². The number of benzene rings is 1. The Balaban J connectivity index is 1.57. The fourth-order valence-corrected chi connectivity index (χ4v) is 3.82. The molecule has 1 aromatic rings. The van der Waals surface area contributed by atoms with Crippen molar-refractivity contribution in [2.75, 3.05) is 11.9 Å². The van der Waals surface area contributed by atoms with Gasteiger partial charge in [0.25, 0.3) is 11.8 Å². The number of para-hydroxylation sites is 1. The van der Waals surface area contributed by atoms with Crippen LogP contribution < -0.4 is 10.6 Å². The topological polar surface area (TPSA) is 105 Å². The molecule has 1 aliphatic heterocycles. The number of anilines is 1. The summed E-state index contributed by atoms with van der Waals surface area (Å²) >= 11 is 0. The van der Waals surface area contributed by atoms with Crippen LogP contribution in [0.15, 0.2) is 30.3 Å². The van der Waals surface area contributed by atoms with Gasteiger partial charge >= 0.3 is 12.0 Å². The molecular weight excluding hydrogens is 362 g/mol. The minimum atomic E-state index is -1.06. The molecule has 150 valence electrons. The largest absolute Gasteiger partial charge is 0.451 e. The van der Waals surface area contributed by atoms with Gasteiger partial charge in [0.05, 0.1) is 0 Å². The summed E-state index contributed by atoms with van der Waals surface area (Å²) < 4.78 is 5.12. The normalized spacial score (nSPS) is 25.4. The number of imide groups is 1. The molecular formula is C20H25N3O5. The van der Waals surface area contributed by atoms with Gasteiger partial charge in [-0.05, 0) is 37.8 Å². The Morgan fingerprint density at radius 1 is 1.29 bits per heavy atom. The molecule has 1 aliphatic carbocycles. The van der Waals surface area contributed by atoms with Crippen LogP contribution in [0.5, 0.6) is 0 Å². The van der Waals surface area contributed by atoms with Crippen LogP contribution in [-0.4, -0.2) is 46.9 Å². The Morgan fingerprint density at radius 3 is 2.68 bits per heavy atom. The first-order chi connectivity index (χ1) is 13.3. The zero-order valence-electron chi connectivity index (χ0n) is 16.1. The van der Waals surface area contributed by atoms with E-state index in [2.05, 4.69) is 10.6 Å². The predicted octanol–water partition coefficient (Wildman–Crippen LogP) is 2.06. The second kappa shape index (κ2) is 8.00. The van der Waals surface area contributed by atoms with Gasteiger partial charge in [0.2, 0.25) is 0 Å². The fraction of sp³-hybridized carbons (Fsp3) is 0.500. The molecule has 0 radical (unpaired) electrons. The molecule has 0 bridgehead atoms. The number of carbonyl (C=O) groups is 4. The Kier molecular flexibility index (Phi) is 5.67. The van der Waals surface area contributed by atoms with E-state index in [9.17, 15) is 19.2 Å². The maximum atomic E-state index is 12.9. The van der Waals surface area contributed by atoms with E-state index in [1.807, 2.05) is 13.0 Å². The molecule has 2 fully saturated rings. The molecule has 2 N–H and O–H groups in total. The van der Waals surface area contributed by atoms with Crippen molar-refractivity contribution in [3.8, 4) is 0 Å². The van der Waals surface area contributed by atoms with E-state index in [0.29, 0.717) is 12.1 Å². The van der Waals surface area contributed by atoms with Crippen molar-refractivity contribution in [2.45, 2.75) is 51.2 Å². The highest BCUT2D eigenvalue weighted by Crippen LogP contribution is 2.38. The van der Waals surface area contributed by atoms with E-state index in [4.69, 9.17) is 4.74 Å². The summed E-state index contributed by atoms with van der Waals surface area (Å²) in [6.45, 7) is 2.87. The highest BCUT2D eigenvalue weighted by Gasteiger charge is 2.55. The molecule has 3 atom stereocenters. The molecule has 8 heteroatoms. The molecule has 28 heavy (non-hydrogen) atoms. The average Bonchev–Trinajstić information content (AvgIpc) is 2.90. The first-order valence-electron chi connectivity index (χ1n) is 9.53. The Hall–Kier alpha value is -2.90. The van der Waals surface area contributed by atoms with Crippen molar-refractivity contribution in [1.82, 2.24) is 10.2 Å². The lowest BCUT2D eigenvalue weighted by Crippen LogP contribution is -2.54. The van der Waals surface area contributed by atoms with Crippen LogP contribution in [0, 0.1) is 5.92 Å². The van der Waals surface area contributed by atoms with Gasteiger partial charge in [0, 0.05) is 5.69 Å². The standard InChI is InChI=1S/C20H25N3O5/c1-13-8-6-7-11-20(13)18(26)23(19(27)22-20)12-16(24)28-14(2)17(25)21-15-9-4-3-5-10-15/h3-5,9-10,13-14H,6-8,11-12H2,1-2H3,(H,21,25)(H,22,27)/t13-,14-,20+/m0/s1. The molecule has 1 saturated heterocycles. The van der Waals surface area contributed by atoms with Crippen molar-refractivity contribution in [3.63, 3.8) is 0 Å². The predicted molar refractivity (Wildman–Crippen MR) is 101 cm³/mol. The Morgan fingerprint density at radius 2 is 2.00 bits per heavy atom. The summed E-state index contributed by atoms with van der Waals surface area (Å²) in [5, 5.41) is 5.42. The lowest BCUT2D eigenvalue weighted by molar-refractivity contribution is -0.155. The molecule has 1 heterocycles. The summed E-state index contributed by atoms with van der Waals surface area (Å²) in [4.78, 5) is 50.4. The van der Waals surface area contributed by atoms with Crippen LogP contribution in [0.3, 0.4) is 0 Å². The summed E-state index contributed by atoms with van der Waals surface area (Å²) in [6.07, 6.45) is 2.23. The van der Waals surface area contributed by atoms with E-state index >= 15 is 0 Å². The van der Waals surface area contributed by atoms with Gasteiger partial charge in [0.1, 0.15) is 12.1 Å². The molecule has 0 aromatic heterocycles. The maximum Gasteiger partial charge on any atom is 0.327 e. The van der Waals surface area contributed by atoms with Gasteiger partial charge in [-0.1, -0.05) is 38.0 Å². The van der Waals surface area contributed by atoms with Crippen molar-refractivity contribution >= 4 is 29.5 Å². The van der Waals surface area contributed by atoms with Gasteiger partial charge < -0.3 is 15.4 Å². The lowest BCUT2D eigenvalue weighted by atomic mass is 9.73. The number of ether oxygens (including phenoxy) is 1. The lowest BCUT2D eigenvalue weighted by Gasteiger charge is -2.36. The Bertz CT molecular complexity index is 781. The molecule has 3 rings (SSSR count). The van der Waals surface area contributed by atoms with Gasteiger partial charge in [0.15, 0.2) is 6.10 Å². The number of amides is 4. The third-order valence-electron chi connectivity index (χ3n) is 5.51. The van der Waals surface area contributed by atoms with E-state index in [1.165, 1.54) is 6.92 Å². The summed E-state index contributed by atoms with van der Waals surface area (Å²) in [5.74, 6) is -1.67.